The Kier molecular flexibility index (Phi) is 6.65. The van der Waals surface area contributed by atoms with Crippen molar-refractivity contribution >= 4 is 22.4 Å². The molecule has 6 heteroatoms. The summed E-state index contributed by atoms with van der Waals surface area (Å²) in [6.45, 7) is 5.82. The fourth-order valence-corrected chi connectivity index (χ4v) is 7.04. The molecule has 6 nitrogen and oxygen atoms in total. The van der Waals surface area contributed by atoms with Crippen LogP contribution in [0.2, 0.25) is 0 Å². The third-order valence-electron chi connectivity index (χ3n) is 8.98. The zero-order valence-corrected chi connectivity index (χ0v) is 21.3. The summed E-state index contributed by atoms with van der Waals surface area (Å²) in [7, 11) is 0. The van der Waals surface area contributed by atoms with Crippen molar-refractivity contribution in [1.29, 1.82) is 0 Å². The number of hydrogen-bond donors (Lipinski definition) is 2. The lowest BCUT2D eigenvalue weighted by Gasteiger charge is -2.34. The number of allylic oxidation sites excluding steroid dienone is 4. The molecule has 1 saturated carbocycles. The Hall–Kier alpha value is -2.57. The van der Waals surface area contributed by atoms with Gasteiger partial charge in [-0.3, -0.25) is 0 Å². The number of fused-ring (bicyclic) bond motifs is 4. The molecule has 2 aliphatic heterocycles. The van der Waals surface area contributed by atoms with Gasteiger partial charge in [-0.1, -0.05) is 37.5 Å². The molecular weight excluding hydrogens is 450 g/mol. The zero-order chi connectivity index (χ0) is 24.6. The average Bonchev–Trinajstić information content (AvgIpc) is 3.14. The topological polar surface area (TPSA) is 68.9 Å². The number of carboxylic acid groups (broad SMARTS) is 1. The average molecular weight is 490 g/mol. The van der Waals surface area contributed by atoms with Crippen LogP contribution in [-0.2, 0) is 6.54 Å². The van der Waals surface area contributed by atoms with Crippen LogP contribution in [0.25, 0.3) is 16.5 Å². The van der Waals surface area contributed by atoms with E-state index in [9.17, 15) is 15.0 Å². The van der Waals surface area contributed by atoms with Gasteiger partial charge in [0.2, 0.25) is 0 Å². The number of benzene rings is 1. The number of likely N-dealkylation sites (tertiary alicyclic amines) is 1. The maximum Gasteiger partial charge on any atom is 0.335 e. The van der Waals surface area contributed by atoms with Gasteiger partial charge in [0.1, 0.15) is 0 Å². The van der Waals surface area contributed by atoms with Gasteiger partial charge in [0.05, 0.1) is 17.4 Å². The number of aromatic carboxylic acids is 1. The highest BCUT2D eigenvalue weighted by Crippen LogP contribution is 2.45. The predicted octanol–water partition coefficient (Wildman–Crippen LogP) is 5.22. The molecule has 0 bridgehead atoms. The Morgan fingerprint density at radius 1 is 0.972 bits per heavy atom. The predicted molar refractivity (Wildman–Crippen MR) is 143 cm³/mol. The van der Waals surface area contributed by atoms with Gasteiger partial charge in [-0.05, 0) is 62.1 Å². The lowest BCUT2D eigenvalue weighted by Crippen LogP contribution is -2.41. The van der Waals surface area contributed by atoms with Crippen LogP contribution in [0.1, 0.15) is 85.3 Å². The summed E-state index contributed by atoms with van der Waals surface area (Å²) in [5, 5.41) is 20.9. The smallest absolute Gasteiger partial charge is 0.335 e. The Labute approximate surface area is 213 Å². The van der Waals surface area contributed by atoms with E-state index in [0.717, 1.165) is 70.5 Å². The van der Waals surface area contributed by atoms with Crippen LogP contribution in [-0.4, -0.2) is 69.4 Å². The van der Waals surface area contributed by atoms with Crippen LogP contribution >= 0.6 is 0 Å². The minimum atomic E-state index is -0.856. The van der Waals surface area contributed by atoms with E-state index < -0.39 is 5.97 Å². The number of carbonyl (C=O) groups is 1. The fraction of sp³-hybridized carbons (Fsp3) is 0.567. The summed E-state index contributed by atoms with van der Waals surface area (Å²) in [6, 6.07) is 5.79. The molecule has 4 aliphatic rings. The van der Waals surface area contributed by atoms with Gasteiger partial charge in [-0.25, -0.2) is 4.79 Å². The van der Waals surface area contributed by atoms with Crippen LogP contribution in [0, 0.1) is 0 Å². The third-order valence-corrected chi connectivity index (χ3v) is 8.98. The van der Waals surface area contributed by atoms with Gasteiger partial charge in [0.25, 0.3) is 0 Å². The van der Waals surface area contributed by atoms with Crippen molar-refractivity contribution in [3.8, 4) is 0 Å². The minimum absolute atomic E-state index is 0.134. The molecule has 3 heterocycles. The van der Waals surface area contributed by atoms with Gasteiger partial charge in [-0.2, -0.15) is 0 Å². The summed E-state index contributed by atoms with van der Waals surface area (Å²) in [4.78, 5) is 17.0. The zero-order valence-electron chi connectivity index (χ0n) is 21.3. The fourth-order valence-electron chi connectivity index (χ4n) is 7.04. The van der Waals surface area contributed by atoms with E-state index in [1.165, 1.54) is 60.0 Å². The van der Waals surface area contributed by atoms with E-state index >= 15 is 0 Å². The monoisotopic (exact) mass is 489 g/mol. The lowest BCUT2D eigenvalue weighted by atomic mass is 9.81. The van der Waals surface area contributed by atoms with Crippen molar-refractivity contribution in [3.05, 3.63) is 52.9 Å². The van der Waals surface area contributed by atoms with Crippen molar-refractivity contribution < 1.29 is 15.0 Å². The van der Waals surface area contributed by atoms with Crippen molar-refractivity contribution in [2.24, 2.45) is 0 Å². The molecule has 192 valence electrons. The Balaban J connectivity index is 1.42. The molecule has 2 aromatic rings. The largest absolute Gasteiger partial charge is 0.478 e. The number of rotatable bonds is 5. The quantitative estimate of drug-likeness (QED) is 0.603. The van der Waals surface area contributed by atoms with Gasteiger partial charge in [-0.15, -0.1) is 0 Å². The van der Waals surface area contributed by atoms with Crippen molar-refractivity contribution in [2.75, 3.05) is 32.7 Å². The van der Waals surface area contributed by atoms with Crippen molar-refractivity contribution in [1.82, 2.24) is 14.4 Å². The third kappa shape index (κ3) is 4.39. The number of carboxylic acids is 1. The van der Waals surface area contributed by atoms with Crippen LogP contribution in [0.15, 0.2) is 36.0 Å². The van der Waals surface area contributed by atoms with Gasteiger partial charge < -0.3 is 24.6 Å². The van der Waals surface area contributed by atoms with Gasteiger partial charge in [0, 0.05) is 61.4 Å². The second-order valence-electron chi connectivity index (χ2n) is 11.1. The second-order valence-corrected chi connectivity index (χ2v) is 11.1. The van der Waals surface area contributed by atoms with E-state index in [4.69, 9.17) is 0 Å². The number of hydrogen-bond acceptors (Lipinski definition) is 4. The van der Waals surface area contributed by atoms with E-state index in [0.29, 0.717) is 11.5 Å². The molecule has 0 radical (unpaired) electrons. The molecule has 6 rings (SSSR count). The number of aromatic nitrogens is 1. The molecule has 0 unspecified atom stereocenters. The van der Waals surface area contributed by atoms with Gasteiger partial charge >= 0.3 is 5.97 Å². The molecule has 2 fully saturated rings. The maximum absolute atomic E-state index is 11.9. The number of aliphatic hydroxyl groups excluding tert-OH is 1. The Morgan fingerprint density at radius 3 is 2.56 bits per heavy atom. The Bertz CT molecular complexity index is 1200. The molecule has 1 saturated heterocycles. The second kappa shape index (κ2) is 10.1. The van der Waals surface area contributed by atoms with E-state index in [1.54, 1.807) is 6.07 Å². The number of aliphatic hydroxyl groups is 1. The normalized spacial score (nSPS) is 22.1. The molecular formula is C30H39N3O3. The Morgan fingerprint density at radius 2 is 1.78 bits per heavy atom. The molecule has 36 heavy (non-hydrogen) atoms. The highest BCUT2D eigenvalue weighted by atomic mass is 16.4. The first-order valence-corrected chi connectivity index (χ1v) is 14.0. The van der Waals surface area contributed by atoms with Crippen LogP contribution in [0.4, 0.5) is 0 Å². The lowest BCUT2D eigenvalue weighted by molar-refractivity contribution is 0.0696. The van der Waals surface area contributed by atoms with Crippen molar-refractivity contribution in [2.45, 2.75) is 76.4 Å². The summed E-state index contributed by atoms with van der Waals surface area (Å²) in [5.41, 5.74) is 7.11. The van der Waals surface area contributed by atoms with Crippen molar-refractivity contribution in [3.63, 3.8) is 0 Å². The first-order valence-electron chi connectivity index (χ1n) is 14.0. The summed E-state index contributed by atoms with van der Waals surface area (Å²) in [6.07, 6.45) is 14.8. The molecule has 2 aliphatic carbocycles. The van der Waals surface area contributed by atoms with E-state index in [1.807, 2.05) is 6.07 Å². The molecule has 2 N–H and O–H groups in total. The highest BCUT2D eigenvalue weighted by Gasteiger charge is 2.32. The molecule has 0 atom stereocenters. The molecule has 0 spiro atoms. The molecule has 0 amide bonds. The van der Waals surface area contributed by atoms with Crippen LogP contribution in [0.3, 0.4) is 0 Å². The summed E-state index contributed by atoms with van der Waals surface area (Å²) >= 11 is 0. The SMILES string of the molecule is O=C(O)c1ccc2c(C3CCCCC3)c3n(c2c1)CCN(CCN1CCC(O)CC1)C1=C3C=CCC1. The number of piperidine rings is 1. The van der Waals surface area contributed by atoms with Crippen LogP contribution in [0.5, 0.6) is 0 Å². The summed E-state index contributed by atoms with van der Waals surface area (Å²) < 4.78 is 2.45. The highest BCUT2D eigenvalue weighted by molar-refractivity contribution is 5.98. The van der Waals surface area contributed by atoms with E-state index in [2.05, 4.69) is 32.6 Å². The molecule has 1 aromatic carbocycles. The summed E-state index contributed by atoms with van der Waals surface area (Å²) in [5.74, 6) is -0.311. The van der Waals surface area contributed by atoms with Gasteiger partial charge in [0.15, 0.2) is 0 Å². The minimum Gasteiger partial charge on any atom is -0.478 e. The van der Waals surface area contributed by atoms with E-state index in [-0.39, 0.29) is 6.10 Å². The first kappa shape index (κ1) is 23.8. The maximum atomic E-state index is 11.9. The number of nitrogens with zero attached hydrogens (tertiary/aromatic N) is 3. The first-order chi connectivity index (χ1) is 17.6. The standard InChI is InChI=1S/C30H39N3O3/c34-23-12-14-31(15-13-23)16-17-32-18-19-33-27-20-22(30(35)36)10-11-24(27)28(21-6-2-1-3-7-21)29(33)25-8-4-5-9-26(25)32/h4,8,10-11,20-21,23,34H,1-3,5-7,9,12-19H2,(H,35,36). The van der Waals surface area contributed by atoms with Crippen LogP contribution < -0.4 is 0 Å². The molecule has 1 aromatic heterocycles.